The Morgan fingerprint density at radius 1 is 1.26 bits per heavy atom. The van der Waals surface area contributed by atoms with Gasteiger partial charge in [0.25, 0.3) is 5.91 Å². The number of halogens is 1. The molecule has 3 nitrogen and oxygen atoms in total. The van der Waals surface area contributed by atoms with Gasteiger partial charge in [-0.1, -0.05) is 6.07 Å². The SMILES string of the molecule is CC1(C)[C@H](NC(=O)c2ccc3ccsc3c2)C2CCN1CC2.Cl. The zero-order valence-electron chi connectivity index (χ0n) is 13.5. The topological polar surface area (TPSA) is 32.3 Å². The highest BCUT2D eigenvalue weighted by Gasteiger charge is 2.48. The molecular weight excluding hydrogens is 328 g/mol. The van der Waals surface area contributed by atoms with E-state index in [0.717, 1.165) is 5.56 Å². The molecule has 23 heavy (non-hydrogen) atoms. The Labute approximate surface area is 147 Å². The summed E-state index contributed by atoms with van der Waals surface area (Å²) in [5.74, 6) is 0.691. The van der Waals surface area contributed by atoms with Crippen LogP contribution in [0.2, 0.25) is 0 Å². The monoisotopic (exact) mass is 350 g/mol. The highest BCUT2D eigenvalue weighted by Crippen LogP contribution is 2.39. The second-order valence-corrected chi connectivity index (χ2v) is 8.05. The molecule has 1 aromatic carbocycles. The van der Waals surface area contributed by atoms with Gasteiger partial charge in [0.2, 0.25) is 0 Å². The van der Waals surface area contributed by atoms with E-state index in [0.29, 0.717) is 5.92 Å². The number of fused-ring (bicyclic) bond motifs is 4. The first-order valence-electron chi connectivity index (χ1n) is 8.09. The van der Waals surface area contributed by atoms with Gasteiger partial charge < -0.3 is 5.32 Å². The number of nitrogens with zero attached hydrogens (tertiary/aromatic N) is 1. The zero-order valence-corrected chi connectivity index (χ0v) is 15.2. The minimum atomic E-state index is 0. The van der Waals surface area contributed by atoms with Crippen molar-refractivity contribution in [3.8, 4) is 0 Å². The quantitative estimate of drug-likeness (QED) is 0.890. The second kappa shape index (κ2) is 6.08. The third-order valence-corrected chi connectivity index (χ3v) is 6.47. The summed E-state index contributed by atoms with van der Waals surface area (Å²) in [6, 6.07) is 8.35. The third-order valence-electron chi connectivity index (χ3n) is 5.59. The van der Waals surface area contributed by atoms with Gasteiger partial charge in [-0.25, -0.2) is 0 Å². The Kier molecular flexibility index (Phi) is 4.43. The molecular formula is C18H23ClN2OS. The maximum absolute atomic E-state index is 12.7. The summed E-state index contributed by atoms with van der Waals surface area (Å²) >= 11 is 1.69. The van der Waals surface area contributed by atoms with Crippen LogP contribution in [-0.4, -0.2) is 35.5 Å². The van der Waals surface area contributed by atoms with Gasteiger partial charge in [-0.05, 0) is 74.7 Å². The van der Waals surface area contributed by atoms with Crippen molar-refractivity contribution in [3.05, 3.63) is 35.2 Å². The van der Waals surface area contributed by atoms with E-state index < -0.39 is 0 Å². The van der Waals surface area contributed by atoms with Crippen molar-refractivity contribution >= 4 is 39.7 Å². The zero-order chi connectivity index (χ0) is 15.3. The molecule has 1 N–H and O–H groups in total. The maximum Gasteiger partial charge on any atom is 0.251 e. The first kappa shape index (κ1) is 16.7. The van der Waals surface area contributed by atoms with Crippen LogP contribution in [0.5, 0.6) is 0 Å². The lowest BCUT2D eigenvalue weighted by Gasteiger charge is -2.56. The van der Waals surface area contributed by atoms with Crippen LogP contribution in [0.3, 0.4) is 0 Å². The van der Waals surface area contributed by atoms with Gasteiger partial charge in [0.1, 0.15) is 0 Å². The van der Waals surface area contributed by atoms with Crippen LogP contribution in [-0.2, 0) is 0 Å². The lowest BCUT2D eigenvalue weighted by Crippen LogP contribution is -2.69. The number of nitrogens with one attached hydrogen (secondary N) is 1. The number of carbonyl (C=O) groups excluding carboxylic acids is 1. The molecule has 0 radical (unpaired) electrons. The number of benzene rings is 1. The summed E-state index contributed by atoms with van der Waals surface area (Å²) in [6.45, 7) is 6.88. The molecule has 2 aromatic rings. The molecule has 0 unspecified atom stereocenters. The molecule has 0 spiro atoms. The van der Waals surface area contributed by atoms with Gasteiger partial charge in [0, 0.05) is 21.8 Å². The van der Waals surface area contributed by atoms with Crippen molar-refractivity contribution in [2.24, 2.45) is 5.92 Å². The minimum Gasteiger partial charge on any atom is -0.347 e. The molecule has 1 amide bonds. The number of carbonyl (C=O) groups is 1. The van der Waals surface area contributed by atoms with Gasteiger partial charge in [-0.3, -0.25) is 9.69 Å². The summed E-state index contributed by atoms with van der Waals surface area (Å²) in [5, 5.41) is 6.62. The van der Waals surface area contributed by atoms with Gasteiger partial charge in [-0.2, -0.15) is 0 Å². The molecule has 0 aliphatic carbocycles. The number of hydrogen-bond acceptors (Lipinski definition) is 3. The summed E-state index contributed by atoms with van der Waals surface area (Å²) in [6.07, 6.45) is 2.41. The number of thiophene rings is 1. The van der Waals surface area contributed by atoms with E-state index in [1.54, 1.807) is 11.3 Å². The van der Waals surface area contributed by atoms with E-state index in [9.17, 15) is 4.79 Å². The molecule has 0 saturated carbocycles. The van der Waals surface area contributed by atoms with Crippen molar-refractivity contribution in [2.45, 2.75) is 38.3 Å². The average Bonchev–Trinajstić information content (AvgIpc) is 2.98. The van der Waals surface area contributed by atoms with Crippen LogP contribution >= 0.6 is 23.7 Å². The predicted octanol–water partition coefficient (Wildman–Crippen LogP) is 3.93. The van der Waals surface area contributed by atoms with Gasteiger partial charge in [0.05, 0.1) is 0 Å². The number of hydrogen-bond donors (Lipinski definition) is 1. The van der Waals surface area contributed by atoms with Gasteiger partial charge >= 0.3 is 0 Å². The Hall–Kier alpha value is -1.10. The molecule has 1 atom stereocenters. The normalized spacial score (nSPS) is 28.3. The first-order valence-corrected chi connectivity index (χ1v) is 8.97. The van der Waals surface area contributed by atoms with Crippen LogP contribution < -0.4 is 5.32 Å². The molecule has 2 bridgehead atoms. The molecule has 1 aromatic heterocycles. The van der Waals surface area contributed by atoms with E-state index >= 15 is 0 Å². The maximum atomic E-state index is 12.7. The first-order chi connectivity index (χ1) is 10.6. The fourth-order valence-electron chi connectivity index (χ4n) is 4.20. The second-order valence-electron chi connectivity index (χ2n) is 7.10. The Morgan fingerprint density at radius 2 is 2.00 bits per heavy atom. The fourth-order valence-corrected chi connectivity index (χ4v) is 5.03. The molecule has 3 saturated heterocycles. The molecule has 5 heteroatoms. The summed E-state index contributed by atoms with van der Waals surface area (Å²) in [7, 11) is 0. The van der Waals surface area contributed by atoms with E-state index in [2.05, 4.69) is 35.5 Å². The molecule has 3 aliphatic heterocycles. The number of rotatable bonds is 2. The minimum absolute atomic E-state index is 0. The molecule has 4 heterocycles. The summed E-state index contributed by atoms with van der Waals surface area (Å²) in [4.78, 5) is 15.2. The lowest BCUT2D eigenvalue weighted by molar-refractivity contribution is -0.0378. The van der Waals surface area contributed by atoms with Crippen molar-refractivity contribution in [1.29, 1.82) is 0 Å². The summed E-state index contributed by atoms with van der Waals surface area (Å²) < 4.78 is 1.18. The summed E-state index contributed by atoms with van der Waals surface area (Å²) in [5.41, 5.74) is 0.839. The van der Waals surface area contributed by atoms with Crippen LogP contribution in [0.1, 0.15) is 37.0 Å². The predicted molar refractivity (Wildman–Crippen MR) is 98.7 cm³/mol. The average molecular weight is 351 g/mol. The smallest absolute Gasteiger partial charge is 0.251 e. The molecule has 3 aliphatic rings. The van der Waals surface area contributed by atoms with Crippen molar-refractivity contribution in [1.82, 2.24) is 10.2 Å². The van der Waals surface area contributed by atoms with E-state index in [-0.39, 0.29) is 29.9 Å². The van der Waals surface area contributed by atoms with Crippen LogP contribution in [0.15, 0.2) is 29.6 Å². The standard InChI is InChI=1S/C18H22N2OS.ClH/c1-18(2)16(13-5-8-20(18)9-6-13)19-17(21)14-4-3-12-7-10-22-15(12)11-14;/h3-4,7,10-11,13,16H,5-6,8-9H2,1-2H3,(H,19,21);1H/t16-;/m1./s1. The Bertz CT molecular complexity index is 719. The highest BCUT2D eigenvalue weighted by molar-refractivity contribution is 7.17. The van der Waals surface area contributed by atoms with E-state index in [1.165, 1.54) is 36.0 Å². The van der Waals surface area contributed by atoms with Crippen LogP contribution in [0.25, 0.3) is 10.1 Å². The number of amides is 1. The highest BCUT2D eigenvalue weighted by atomic mass is 35.5. The van der Waals surface area contributed by atoms with Gasteiger partial charge in [-0.15, -0.1) is 23.7 Å². The Balaban J connectivity index is 0.00000156. The molecule has 124 valence electrons. The van der Waals surface area contributed by atoms with Crippen LogP contribution in [0, 0.1) is 5.92 Å². The lowest BCUT2D eigenvalue weighted by atomic mass is 9.72. The van der Waals surface area contributed by atoms with Gasteiger partial charge in [0.15, 0.2) is 0 Å². The van der Waals surface area contributed by atoms with Crippen molar-refractivity contribution in [3.63, 3.8) is 0 Å². The largest absolute Gasteiger partial charge is 0.347 e. The molecule has 3 fully saturated rings. The van der Waals surface area contributed by atoms with Crippen molar-refractivity contribution < 1.29 is 4.79 Å². The van der Waals surface area contributed by atoms with E-state index in [1.807, 2.05) is 18.2 Å². The van der Waals surface area contributed by atoms with E-state index in [4.69, 9.17) is 0 Å². The van der Waals surface area contributed by atoms with Crippen molar-refractivity contribution in [2.75, 3.05) is 13.1 Å². The van der Waals surface area contributed by atoms with Crippen LogP contribution in [0.4, 0.5) is 0 Å². The third kappa shape index (κ3) is 2.77. The Morgan fingerprint density at radius 3 is 2.70 bits per heavy atom. The molecule has 5 rings (SSSR count). The number of piperidine rings is 3. The fraction of sp³-hybridized carbons (Fsp3) is 0.500.